The number of nitrogens with one attached hydrogen (secondary N) is 1. The number of aromatic nitrogens is 2. The zero-order valence-electron chi connectivity index (χ0n) is 16.0. The third-order valence-electron chi connectivity index (χ3n) is 4.83. The van der Waals surface area contributed by atoms with Gasteiger partial charge in [-0.2, -0.15) is 0 Å². The first-order chi connectivity index (χ1) is 14.1. The standard InChI is InChI=1S/C24H20ClN3O/c1-2-16-6-8-17(9-7-16)23-14-21(20-13-18(25)10-11-22(20)28-23)24(29)27-15-19-5-3-4-12-26-19/h3-14H,2,15H2,1H3,(H,27,29). The second-order valence-corrected chi connectivity index (χ2v) is 7.21. The lowest BCUT2D eigenvalue weighted by Crippen LogP contribution is -2.23. The minimum atomic E-state index is -0.184. The smallest absolute Gasteiger partial charge is 0.252 e. The SMILES string of the molecule is CCc1ccc(-c2cc(C(=O)NCc3ccccn3)c3cc(Cl)ccc3n2)cc1. The van der Waals surface area contributed by atoms with Crippen molar-refractivity contribution in [2.45, 2.75) is 19.9 Å². The van der Waals surface area contributed by atoms with Crippen molar-refractivity contribution in [3.8, 4) is 11.3 Å². The molecule has 5 heteroatoms. The lowest BCUT2D eigenvalue weighted by Gasteiger charge is -2.11. The Morgan fingerprint density at radius 3 is 2.59 bits per heavy atom. The molecule has 4 aromatic rings. The number of amides is 1. The number of carbonyl (C=O) groups excluding carboxylic acids is 1. The molecule has 2 heterocycles. The average Bonchev–Trinajstić information content (AvgIpc) is 2.77. The van der Waals surface area contributed by atoms with Crippen LogP contribution in [0, 0.1) is 0 Å². The van der Waals surface area contributed by atoms with Gasteiger partial charge in [0.15, 0.2) is 0 Å². The third kappa shape index (κ3) is 4.28. The molecule has 0 aliphatic rings. The van der Waals surface area contributed by atoms with Gasteiger partial charge in [-0.3, -0.25) is 9.78 Å². The Labute approximate surface area is 174 Å². The van der Waals surface area contributed by atoms with Gasteiger partial charge in [0.1, 0.15) is 0 Å². The summed E-state index contributed by atoms with van der Waals surface area (Å²) < 4.78 is 0. The van der Waals surface area contributed by atoms with Crippen molar-refractivity contribution in [2.24, 2.45) is 0 Å². The van der Waals surface area contributed by atoms with E-state index in [0.717, 1.165) is 34.3 Å². The molecule has 1 N–H and O–H groups in total. The Bertz CT molecular complexity index is 1160. The molecule has 0 atom stereocenters. The van der Waals surface area contributed by atoms with Crippen LogP contribution >= 0.6 is 11.6 Å². The Morgan fingerprint density at radius 2 is 1.86 bits per heavy atom. The summed E-state index contributed by atoms with van der Waals surface area (Å²) in [6, 6.07) is 21.1. The highest BCUT2D eigenvalue weighted by molar-refractivity contribution is 6.31. The highest BCUT2D eigenvalue weighted by Crippen LogP contribution is 2.27. The van der Waals surface area contributed by atoms with Crippen LogP contribution in [-0.2, 0) is 13.0 Å². The summed E-state index contributed by atoms with van der Waals surface area (Å²) in [5, 5.41) is 4.25. The Balaban J connectivity index is 1.73. The number of carbonyl (C=O) groups is 1. The maximum absolute atomic E-state index is 13.0. The fourth-order valence-corrected chi connectivity index (χ4v) is 3.39. The maximum atomic E-state index is 13.0. The van der Waals surface area contributed by atoms with Crippen LogP contribution in [0.5, 0.6) is 0 Å². The number of aryl methyl sites for hydroxylation is 1. The minimum absolute atomic E-state index is 0.184. The normalized spacial score (nSPS) is 10.8. The van der Waals surface area contributed by atoms with Crippen molar-refractivity contribution in [3.63, 3.8) is 0 Å². The van der Waals surface area contributed by atoms with E-state index in [1.54, 1.807) is 18.3 Å². The maximum Gasteiger partial charge on any atom is 0.252 e. The van der Waals surface area contributed by atoms with Crippen molar-refractivity contribution in [2.75, 3.05) is 0 Å². The van der Waals surface area contributed by atoms with E-state index >= 15 is 0 Å². The van der Waals surface area contributed by atoms with E-state index in [1.165, 1.54) is 5.56 Å². The van der Waals surface area contributed by atoms with E-state index in [4.69, 9.17) is 16.6 Å². The van der Waals surface area contributed by atoms with Crippen LogP contribution < -0.4 is 5.32 Å². The molecule has 0 spiro atoms. The second-order valence-electron chi connectivity index (χ2n) is 6.77. The van der Waals surface area contributed by atoms with E-state index in [2.05, 4.69) is 29.4 Å². The van der Waals surface area contributed by atoms with E-state index in [0.29, 0.717) is 17.1 Å². The molecule has 2 aromatic heterocycles. The Hall–Kier alpha value is -3.24. The number of benzene rings is 2. The molecule has 0 saturated heterocycles. The molecule has 0 aliphatic carbocycles. The van der Waals surface area contributed by atoms with Crippen LogP contribution in [0.2, 0.25) is 5.02 Å². The number of halogens is 1. The van der Waals surface area contributed by atoms with Crippen LogP contribution in [0.15, 0.2) is 72.9 Å². The number of hydrogen-bond acceptors (Lipinski definition) is 3. The van der Waals surface area contributed by atoms with Gasteiger partial charge in [-0.05, 0) is 48.4 Å². The van der Waals surface area contributed by atoms with Crippen molar-refractivity contribution in [3.05, 3.63) is 94.8 Å². The molecule has 1 amide bonds. The van der Waals surface area contributed by atoms with Gasteiger partial charge in [0.25, 0.3) is 5.91 Å². The number of fused-ring (bicyclic) bond motifs is 1. The Morgan fingerprint density at radius 1 is 1.03 bits per heavy atom. The fraction of sp³-hybridized carbons (Fsp3) is 0.125. The van der Waals surface area contributed by atoms with Gasteiger partial charge in [0.2, 0.25) is 0 Å². The molecule has 0 fully saturated rings. The molecule has 4 nitrogen and oxygen atoms in total. The molecule has 0 aliphatic heterocycles. The Kier molecular flexibility index (Phi) is 5.54. The van der Waals surface area contributed by atoms with Crippen LogP contribution in [0.3, 0.4) is 0 Å². The molecule has 144 valence electrons. The van der Waals surface area contributed by atoms with Gasteiger partial charge in [-0.1, -0.05) is 48.9 Å². The number of nitrogens with zero attached hydrogens (tertiary/aromatic N) is 2. The molecular weight excluding hydrogens is 382 g/mol. The van der Waals surface area contributed by atoms with Gasteiger partial charge in [-0.25, -0.2) is 4.98 Å². The molecule has 4 rings (SSSR count). The summed E-state index contributed by atoms with van der Waals surface area (Å²) in [4.78, 5) is 22.0. The summed E-state index contributed by atoms with van der Waals surface area (Å²) in [5.74, 6) is -0.184. The predicted octanol–water partition coefficient (Wildman–Crippen LogP) is 5.44. The predicted molar refractivity (Wildman–Crippen MR) is 117 cm³/mol. The molecular formula is C24H20ClN3O. The van der Waals surface area contributed by atoms with Crippen LogP contribution in [0.1, 0.15) is 28.5 Å². The van der Waals surface area contributed by atoms with E-state index in [1.807, 2.05) is 42.5 Å². The lowest BCUT2D eigenvalue weighted by molar-refractivity contribution is 0.0952. The molecule has 2 aromatic carbocycles. The number of hydrogen-bond donors (Lipinski definition) is 1. The minimum Gasteiger partial charge on any atom is -0.346 e. The topological polar surface area (TPSA) is 54.9 Å². The second kappa shape index (κ2) is 8.41. The summed E-state index contributed by atoms with van der Waals surface area (Å²) >= 11 is 6.19. The van der Waals surface area contributed by atoms with Gasteiger partial charge in [-0.15, -0.1) is 0 Å². The van der Waals surface area contributed by atoms with Gasteiger partial charge in [0.05, 0.1) is 29.0 Å². The number of rotatable bonds is 5. The van der Waals surface area contributed by atoms with Crippen molar-refractivity contribution in [1.29, 1.82) is 0 Å². The molecule has 0 unspecified atom stereocenters. The van der Waals surface area contributed by atoms with Gasteiger partial charge >= 0.3 is 0 Å². The van der Waals surface area contributed by atoms with E-state index in [-0.39, 0.29) is 5.91 Å². The average molecular weight is 402 g/mol. The molecule has 0 radical (unpaired) electrons. The number of pyridine rings is 2. The highest BCUT2D eigenvalue weighted by atomic mass is 35.5. The summed E-state index contributed by atoms with van der Waals surface area (Å²) in [6.45, 7) is 2.47. The van der Waals surface area contributed by atoms with E-state index in [9.17, 15) is 4.79 Å². The molecule has 29 heavy (non-hydrogen) atoms. The fourth-order valence-electron chi connectivity index (χ4n) is 3.21. The first-order valence-corrected chi connectivity index (χ1v) is 9.89. The molecule has 0 bridgehead atoms. The van der Waals surface area contributed by atoms with Crippen LogP contribution in [0.4, 0.5) is 0 Å². The lowest BCUT2D eigenvalue weighted by atomic mass is 10.0. The zero-order chi connectivity index (χ0) is 20.2. The van der Waals surface area contributed by atoms with Gasteiger partial charge in [0, 0.05) is 22.2 Å². The van der Waals surface area contributed by atoms with Gasteiger partial charge < -0.3 is 5.32 Å². The van der Waals surface area contributed by atoms with Crippen molar-refractivity contribution >= 4 is 28.4 Å². The van der Waals surface area contributed by atoms with Crippen molar-refractivity contribution in [1.82, 2.24) is 15.3 Å². The molecule has 0 saturated carbocycles. The van der Waals surface area contributed by atoms with Crippen LogP contribution in [-0.4, -0.2) is 15.9 Å². The van der Waals surface area contributed by atoms with Crippen LogP contribution in [0.25, 0.3) is 22.2 Å². The first kappa shape index (κ1) is 19.1. The van der Waals surface area contributed by atoms with Crippen molar-refractivity contribution < 1.29 is 4.79 Å². The third-order valence-corrected chi connectivity index (χ3v) is 5.06. The largest absolute Gasteiger partial charge is 0.346 e. The first-order valence-electron chi connectivity index (χ1n) is 9.52. The highest BCUT2D eigenvalue weighted by Gasteiger charge is 2.15. The summed E-state index contributed by atoms with van der Waals surface area (Å²) in [5.41, 5.74) is 5.06. The van der Waals surface area contributed by atoms with E-state index < -0.39 is 0 Å². The summed E-state index contributed by atoms with van der Waals surface area (Å²) in [7, 11) is 0. The monoisotopic (exact) mass is 401 g/mol. The quantitative estimate of drug-likeness (QED) is 0.484. The summed E-state index contributed by atoms with van der Waals surface area (Å²) in [6.07, 6.45) is 2.69. The zero-order valence-corrected chi connectivity index (χ0v) is 16.8.